The molecule has 2 fully saturated rings. The highest BCUT2D eigenvalue weighted by molar-refractivity contribution is 7.93. The van der Waals surface area contributed by atoms with Crippen molar-refractivity contribution in [2.45, 2.75) is 25.3 Å². The third kappa shape index (κ3) is 1.08. The zero-order valence-electron chi connectivity index (χ0n) is 5.97. The van der Waals surface area contributed by atoms with E-state index in [2.05, 4.69) is 4.90 Å². The summed E-state index contributed by atoms with van der Waals surface area (Å²) in [4.78, 5) is 2.46. The molecule has 2 atom stereocenters. The lowest BCUT2D eigenvalue weighted by atomic mass is 10.1. The molecular formula is C7H12NPS. The van der Waals surface area contributed by atoms with Gasteiger partial charge in [-0.1, -0.05) is 20.8 Å². The number of nitrogens with zero attached hydrogens (tertiary/aromatic N) is 1. The van der Waals surface area contributed by atoms with Crippen molar-refractivity contribution in [1.29, 1.82) is 0 Å². The molecule has 0 amide bonds. The Balaban J connectivity index is 2.08. The molecule has 2 aliphatic heterocycles. The van der Waals surface area contributed by atoms with Crippen molar-refractivity contribution < 1.29 is 0 Å². The Bertz CT molecular complexity index is 160. The molecule has 2 heterocycles. The Morgan fingerprint density at radius 1 is 1.50 bits per heavy atom. The Morgan fingerprint density at radius 3 is 3.20 bits per heavy atom. The van der Waals surface area contributed by atoms with Crippen LogP contribution in [-0.2, 0) is 0 Å². The van der Waals surface area contributed by atoms with E-state index in [1.807, 2.05) is 0 Å². The second kappa shape index (κ2) is 2.75. The van der Waals surface area contributed by atoms with Crippen molar-refractivity contribution in [2.75, 3.05) is 12.7 Å². The summed E-state index contributed by atoms with van der Waals surface area (Å²) in [5, 5.41) is 0. The normalized spacial score (nSPS) is 35.0. The maximum absolute atomic E-state index is 5.26. The molecule has 10 heavy (non-hydrogen) atoms. The molecule has 2 rings (SSSR count). The van der Waals surface area contributed by atoms with E-state index < -0.39 is 0 Å². The van der Waals surface area contributed by atoms with Gasteiger partial charge >= 0.3 is 0 Å². The molecule has 2 saturated heterocycles. The lowest BCUT2D eigenvalue weighted by Gasteiger charge is -2.30. The number of rotatable bonds is 0. The fourth-order valence-electron chi connectivity index (χ4n) is 1.79. The van der Waals surface area contributed by atoms with Gasteiger partial charge in [-0.3, -0.25) is 0 Å². The van der Waals surface area contributed by atoms with Crippen molar-refractivity contribution in [3.63, 3.8) is 0 Å². The maximum Gasteiger partial charge on any atom is 0.0980 e. The summed E-state index contributed by atoms with van der Waals surface area (Å²) in [5.41, 5.74) is 0. The summed E-state index contributed by atoms with van der Waals surface area (Å²) >= 11 is 5.26. The summed E-state index contributed by atoms with van der Waals surface area (Å²) in [6.45, 7) is 1.25. The average molecular weight is 173 g/mol. The minimum Gasteiger partial charge on any atom is -0.359 e. The Hall–Kier alpha value is 0.320. The summed E-state index contributed by atoms with van der Waals surface area (Å²) in [7, 11) is 0.954. The Kier molecular flexibility index (Phi) is 1.92. The first-order valence-corrected chi connectivity index (χ1v) is 5.54. The number of thiocarbonyl (C=S) groups is 1. The largest absolute Gasteiger partial charge is 0.359 e. The van der Waals surface area contributed by atoms with E-state index in [0.29, 0.717) is 0 Å². The standard InChI is InChI=1S/C7H12NPS/c10-7-8-4-2-1-3-6(8)5-9-7/h6,9H,1-5H2. The molecule has 0 aromatic carbocycles. The van der Waals surface area contributed by atoms with Gasteiger partial charge in [0.25, 0.3) is 0 Å². The lowest BCUT2D eigenvalue weighted by molar-refractivity contribution is 0.278. The molecule has 0 saturated carbocycles. The van der Waals surface area contributed by atoms with Gasteiger partial charge in [0.15, 0.2) is 0 Å². The smallest absolute Gasteiger partial charge is 0.0980 e. The van der Waals surface area contributed by atoms with Gasteiger partial charge in [0.2, 0.25) is 0 Å². The predicted molar refractivity (Wildman–Crippen MR) is 50.1 cm³/mol. The van der Waals surface area contributed by atoms with Gasteiger partial charge in [-0.05, 0) is 25.4 Å². The Morgan fingerprint density at radius 2 is 2.40 bits per heavy atom. The summed E-state index contributed by atoms with van der Waals surface area (Å²) in [6.07, 6.45) is 5.54. The van der Waals surface area contributed by atoms with Crippen LogP contribution in [0.4, 0.5) is 0 Å². The second-order valence-electron chi connectivity index (χ2n) is 3.03. The minimum absolute atomic E-state index is 0.847. The van der Waals surface area contributed by atoms with Crippen molar-refractivity contribution >= 4 is 25.5 Å². The molecule has 2 unspecified atom stereocenters. The zero-order valence-corrected chi connectivity index (χ0v) is 7.78. The molecule has 56 valence electrons. The van der Waals surface area contributed by atoms with Crippen LogP contribution in [-0.4, -0.2) is 28.4 Å². The maximum atomic E-state index is 5.26. The van der Waals surface area contributed by atoms with E-state index >= 15 is 0 Å². The monoisotopic (exact) mass is 173 g/mol. The molecule has 0 aromatic heterocycles. The summed E-state index contributed by atoms with van der Waals surface area (Å²) < 4.78 is 1.25. The third-order valence-electron chi connectivity index (χ3n) is 2.38. The highest BCUT2D eigenvalue weighted by atomic mass is 32.1. The van der Waals surface area contributed by atoms with Crippen LogP contribution < -0.4 is 0 Å². The van der Waals surface area contributed by atoms with E-state index in [0.717, 1.165) is 14.6 Å². The van der Waals surface area contributed by atoms with Crippen LogP contribution in [0.5, 0.6) is 0 Å². The molecule has 2 aliphatic rings. The van der Waals surface area contributed by atoms with E-state index in [1.54, 1.807) is 0 Å². The van der Waals surface area contributed by atoms with Crippen LogP contribution in [0, 0.1) is 0 Å². The van der Waals surface area contributed by atoms with Gasteiger partial charge in [0.1, 0.15) is 0 Å². The van der Waals surface area contributed by atoms with Crippen LogP contribution in [0.25, 0.3) is 0 Å². The second-order valence-corrected chi connectivity index (χ2v) is 5.01. The quantitative estimate of drug-likeness (QED) is 0.406. The third-order valence-corrected chi connectivity index (χ3v) is 4.31. The van der Waals surface area contributed by atoms with Crippen LogP contribution >= 0.6 is 20.8 Å². The van der Waals surface area contributed by atoms with Crippen LogP contribution in [0.2, 0.25) is 0 Å². The van der Waals surface area contributed by atoms with Crippen LogP contribution in [0.1, 0.15) is 19.3 Å². The fraction of sp³-hybridized carbons (Fsp3) is 0.857. The van der Waals surface area contributed by atoms with Crippen molar-refractivity contribution in [2.24, 2.45) is 0 Å². The van der Waals surface area contributed by atoms with Crippen molar-refractivity contribution in [1.82, 2.24) is 4.90 Å². The van der Waals surface area contributed by atoms with E-state index in [-0.39, 0.29) is 0 Å². The fourth-order valence-corrected chi connectivity index (χ4v) is 3.61. The number of hydrogen-bond donors (Lipinski definition) is 0. The first-order valence-electron chi connectivity index (χ1n) is 3.92. The Labute approximate surface area is 69.0 Å². The minimum atomic E-state index is 0.847. The zero-order chi connectivity index (χ0) is 6.97. The number of piperidine rings is 1. The lowest BCUT2D eigenvalue weighted by Crippen LogP contribution is -2.37. The SMILES string of the molecule is S=C1PCC2CCCCN12. The molecule has 0 radical (unpaired) electrons. The predicted octanol–water partition coefficient (Wildman–Crippen LogP) is 1.82. The molecule has 0 N–H and O–H groups in total. The van der Waals surface area contributed by atoms with Gasteiger partial charge in [-0.2, -0.15) is 0 Å². The molecule has 3 heteroatoms. The van der Waals surface area contributed by atoms with Gasteiger partial charge in [-0.25, -0.2) is 0 Å². The average Bonchev–Trinajstić information content (AvgIpc) is 2.34. The van der Waals surface area contributed by atoms with Crippen LogP contribution in [0.3, 0.4) is 0 Å². The molecule has 0 spiro atoms. The highest BCUT2D eigenvalue weighted by Crippen LogP contribution is 2.34. The molecule has 0 aliphatic carbocycles. The van der Waals surface area contributed by atoms with Gasteiger partial charge in [-0.15, -0.1) is 0 Å². The van der Waals surface area contributed by atoms with E-state index in [9.17, 15) is 0 Å². The van der Waals surface area contributed by atoms with Crippen LogP contribution in [0.15, 0.2) is 0 Å². The first-order chi connectivity index (χ1) is 4.88. The highest BCUT2D eigenvalue weighted by Gasteiger charge is 2.29. The number of hydrogen-bond acceptors (Lipinski definition) is 1. The molecular weight excluding hydrogens is 161 g/mol. The summed E-state index contributed by atoms with van der Waals surface area (Å²) in [6, 6.07) is 0.847. The van der Waals surface area contributed by atoms with Crippen molar-refractivity contribution in [3.05, 3.63) is 0 Å². The topological polar surface area (TPSA) is 3.24 Å². The first kappa shape index (κ1) is 7.00. The molecule has 1 nitrogen and oxygen atoms in total. The van der Waals surface area contributed by atoms with Gasteiger partial charge in [0.05, 0.1) is 4.73 Å². The van der Waals surface area contributed by atoms with Gasteiger partial charge in [0, 0.05) is 12.6 Å². The van der Waals surface area contributed by atoms with E-state index in [1.165, 1.54) is 36.7 Å². The molecule has 0 bridgehead atoms. The molecule has 0 aromatic rings. The van der Waals surface area contributed by atoms with Gasteiger partial charge < -0.3 is 4.90 Å². The van der Waals surface area contributed by atoms with E-state index in [4.69, 9.17) is 12.2 Å². The van der Waals surface area contributed by atoms with Crippen molar-refractivity contribution in [3.8, 4) is 0 Å². The number of fused-ring (bicyclic) bond motifs is 1. The summed E-state index contributed by atoms with van der Waals surface area (Å²) in [5.74, 6) is 0.